The van der Waals surface area contributed by atoms with E-state index in [4.69, 9.17) is 16.7 Å². The van der Waals surface area contributed by atoms with Crippen LogP contribution in [0.3, 0.4) is 0 Å². The van der Waals surface area contributed by atoms with E-state index in [-0.39, 0.29) is 27.9 Å². The Labute approximate surface area is 121 Å². The number of hydrogen-bond donors (Lipinski definition) is 3. The number of aliphatic hydroxyl groups excluding tert-OH is 1. The van der Waals surface area contributed by atoms with Crippen LogP contribution in [0.2, 0.25) is 5.02 Å². The fraction of sp³-hybridized carbons (Fsp3) is 0.417. The Kier molecular flexibility index (Phi) is 4.33. The Morgan fingerprint density at radius 1 is 1.45 bits per heavy atom. The summed E-state index contributed by atoms with van der Waals surface area (Å²) in [7, 11) is -3.87. The van der Waals surface area contributed by atoms with E-state index < -0.39 is 22.1 Å². The summed E-state index contributed by atoms with van der Waals surface area (Å²) in [5, 5.41) is 18.5. The van der Waals surface area contributed by atoms with Crippen molar-refractivity contribution in [3.8, 4) is 0 Å². The molecule has 110 valence electrons. The van der Waals surface area contributed by atoms with E-state index in [0.717, 1.165) is 18.9 Å². The third-order valence-corrected chi connectivity index (χ3v) is 4.88. The minimum atomic E-state index is -3.87. The molecule has 1 aromatic rings. The normalized spacial score (nSPS) is 16.9. The number of carboxylic acid groups (broad SMARTS) is 1. The molecule has 8 heteroatoms. The molecule has 0 aliphatic heterocycles. The topological polar surface area (TPSA) is 104 Å². The van der Waals surface area contributed by atoms with Crippen molar-refractivity contribution in [3.05, 3.63) is 28.8 Å². The third-order valence-electron chi connectivity index (χ3n) is 3.13. The standard InChI is InChI=1S/C12H14ClNO5S/c13-10-4-3-8(5-9(10)12(16)17)20(18,19)14-6-11(15)7-1-2-7/h3-5,7,11,14-15H,1-2,6H2,(H,16,17). The van der Waals surface area contributed by atoms with Crippen molar-refractivity contribution in [3.63, 3.8) is 0 Å². The summed E-state index contributed by atoms with van der Waals surface area (Å²) in [5.41, 5.74) is -0.280. The molecule has 3 N–H and O–H groups in total. The highest BCUT2D eigenvalue weighted by Crippen LogP contribution is 2.32. The van der Waals surface area contributed by atoms with Crippen LogP contribution in [0.5, 0.6) is 0 Å². The summed E-state index contributed by atoms with van der Waals surface area (Å²) in [5.74, 6) is -1.15. The fourth-order valence-corrected chi connectivity index (χ4v) is 3.04. The van der Waals surface area contributed by atoms with Gasteiger partial charge in [0, 0.05) is 6.54 Å². The number of benzene rings is 1. The second-order valence-corrected chi connectivity index (χ2v) is 6.88. The molecular formula is C12H14ClNO5S. The number of sulfonamides is 1. The molecule has 1 fully saturated rings. The number of aromatic carboxylic acids is 1. The highest BCUT2D eigenvalue weighted by Gasteiger charge is 2.30. The number of rotatable bonds is 6. The molecule has 6 nitrogen and oxygen atoms in total. The lowest BCUT2D eigenvalue weighted by Crippen LogP contribution is -2.33. The minimum absolute atomic E-state index is 0.0329. The average Bonchev–Trinajstić information content (AvgIpc) is 3.20. The van der Waals surface area contributed by atoms with Gasteiger partial charge in [0.1, 0.15) is 0 Å². The van der Waals surface area contributed by atoms with Crippen molar-refractivity contribution in [1.82, 2.24) is 4.72 Å². The van der Waals surface area contributed by atoms with Crippen molar-refractivity contribution in [1.29, 1.82) is 0 Å². The van der Waals surface area contributed by atoms with Gasteiger partial charge in [-0.25, -0.2) is 17.9 Å². The van der Waals surface area contributed by atoms with Crippen LogP contribution >= 0.6 is 11.6 Å². The zero-order valence-electron chi connectivity index (χ0n) is 10.4. The van der Waals surface area contributed by atoms with Crippen molar-refractivity contribution in [2.45, 2.75) is 23.8 Å². The molecule has 1 aliphatic rings. The maximum Gasteiger partial charge on any atom is 0.337 e. The van der Waals surface area contributed by atoms with Crippen molar-refractivity contribution in [2.24, 2.45) is 5.92 Å². The molecule has 0 spiro atoms. The van der Waals surface area contributed by atoms with Crippen LogP contribution in [0.25, 0.3) is 0 Å². The number of nitrogens with one attached hydrogen (secondary N) is 1. The van der Waals surface area contributed by atoms with Gasteiger partial charge in [-0.3, -0.25) is 0 Å². The van der Waals surface area contributed by atoms with E-state index in [1.807, 2.05) is 0 Å². The Hall–Kier alpha value is -1.15. The summed E-state index contributed by atoms with van der Waals surface area (Å²) >= 11 is 5.68. The summed E-state index contributed by atoms with van der Waals surface area (Å²) in [4.78, 5) is 10.7. The fourth-order valence-electron chi connectivity index (χ4n) is 1.76. The number of halogens is 1. The predicted octanol–water partition coefficient (Wildman–Crippen LogP) is 1.09. The molecule has 1 saturated carbocycles. The first-order valence-corrected chi connectivity index (χ1v) is 7.88. The summed E-state index contributed by atoms with van der Waals surface area (Å²) in [6, 6.07) is 3.44. The summed E-state index contributed by atoms with van der Waals surface area (Å²) < 4.78 is 26.3. The van der Waals surface area contributed by atoms with Gasteiger partial charge in [0.05, 0.1) is 21.6 Å². The van der Waals surface area contributed by atoms with Gasteiger partial charge in [-0.05, 0) is 37.0 Å². The molecule has 0 bridgehead atoms. The highest BCUT2D eigenvalue weighted by molar-refractivity contribution is 7.89. The lowest BCUT2D eigenvalue weighted by Gasteiger charge is -2.12. The maximum atomic E-state index is 12.0. The molecule has 1 aliphatic carbocycles. The number of aliphatic hydroxyl groups is 1. The molecule has 0 aromatic heterocycles. The third kappa shape index (κ3) is 3.49. The number of hydrogen-bond acceptors (Lipinski definition) is 4. The summed E-state index contributed by atoms with van der Waals surface area (Å²) in [6.07, 6.45) is 1.08. The lowest BCUT2D eigenvalue weighted by molar-refractivity contribution is 0.0697. The van der Waals surface area contributed by atoms with Gasteiger partial charge in [0.2, 0.25) is 10.0 Å². The van der Waals surface area contributed by atoms with Gasteiger partial charge in [0.25, 0.3) is 0 Å². The molecule has 0 saturated heterocycles. The first-order chi connectivity index (χ1) is 9.31. The first kappa shape index (κ1) is 15.2. The largest absolute Gasteiger partial charge is 0.478 e. The zero-order valence-corrected chi connectivity index (χ0v) is 12.0. The molecule has 0 radical (unpaired) electrons. The maximum absolute atomic E-state index is 12.0. The number of carboxylic acids is 1. The average molecular weight is 320 g/mol. The van der Waals surface area contributed by atoms with Gasteiger partial charge < -0.3 is 10.2 Å². The van der Waals surface area contributed by atoms with Crippen molar-refractivity contribution < 1.29 is 23.4 Å². The van der Waals surface area contributed by atoms with E-state index in [9.17, 15) is 18.3 Å². The molecule has 1 unspecified atom stereocenters. The Morgan fingerprint density at radius 3 is 2.65 bits per heavy atom. The number of carbonyl (C=O) groups is 1. The molecule has 1 aromatic carbocycles. The van der Waals surface area contributed by atoms with Crippen LogP contribution in [-0.2, 0) is 10.0 Å². The monoisotopic (exact) mass is 319 g/mol. The van der Waals surface area contributed by atoms with E-state index >= 15 is 0 Å². The van der Waals surface area contributed by atoms with Crippen LogP contribution in [0.15, 0.2) is 23.1 Å². The zero-order chi connectivity index (χ0) is 14.9. The molecule has 20 heavy (non-hydrogen) atoms. The van der Waals surface area contributed by atoms with Crippen LogP contribution in [0.4, 0.5) is 0 Å². The first-order valence-electron chi connectivity index (χ1n) is 6.02. The van der Waals surface area contributed by atoms with Gasteiger partial charge in [-0.2, -0.15) is 0 Å². The lowest BCUT2D eigenvalue weighted by atomic mass is 10.2. The van der Waals surface area contributed by atoms with Gasteiger partial charge in [-0.1, -0.05) is 11.6 Å². The van der Waals surface area contributed by atoms with E-state index in [2.05, 4.69) is 4.72 Å². The highest BCUT2D eigenvalue weighted by atomic mass is 35.5. The van der Waals surface area contributed by atoms with Crippen LogP contribution in [0, 0.1) is 5.92 Å². The minimum Gasteiger partial charge on any atom is -0.478 e. The second kappa shape index (κ2) is 5.69. The van der Waals surface area contributed by atoms with E-state index in [0.29, 0.717) is 0 Å². The molecule has 1 atom stereocenters. The van der Waals surface area contributed by atoms with Gasteiger partial charge >= 0.3 is 5.97 Å². The molecule has 0 amide bonds. The van der Waals surface area contributed by atoms with Crippen molar-refractivity contribution >= 4 is 27.6 Å². The van der Waals surface area contributed by atoms with Crippen LogP contribution in [0.1, 0.15) is 23.2 Å². The predicted molar refractivity (Wildman–Crippen MR) is 72.3 cm³/mol. The SMILES string of the molecule is O=C(O)c1cc(S(=O)(=O)NCC(O)C2CC2)ccc1Cl. The van der Waals surface area contributed by atoms with E-state index in [1.165, 1.54) is 12.1 Å². The molecule has 0 heterocycles. The Balaban J connectivity index is 2.16. The second-order valence-electron chi connectivity index (χ2n) is 4.70. The Bertz CT molecular complexity index is 627. The van der Waals surface area contributed by atoms with E-state index in [1.54, 1.807) is 0 Å². The molecular weight excluding hydrogens is 306 g/mol. The van der Waals surface area contributed by atoms with Crippen LogP contribution < -0.4 is 4.72 Å². The van der Waals surface area contributed by atoms with Crippen molar-refractivity contribution in [2.75, 3.05) is 6.54 Å². The summed E-state index contributed by atoms with van der Waals surface area (Å²) in [6.45, 7) is -0.0853. The quantitative estimate of drug-likeness (QED) is 0.728. The molecule has 2 rings (SSSR count). The smallest absolute Gasteiger partial charge is 0.337 e. The van der Waals surface area contributed by atoms with Gasteiger partial charge in [0.15, 0.2) is 0 Å². The Morgan fingerprint density at radius 2 is 2.10 bits per heavy atom. The van der Waals surface area contributed by atoms with Crippen LogP contribution in [-0.4, -0.2) is 37.2 Å². The van der Waals surface area contributed by atoms with Gasteiger partial charge in [-0.15, -0.1) is 0 Å².